The largest absolute Gasteiger partial charge is 0.593 e. The second-order valence-corrected chi connectivity index (χ2v) is 9.61. The van der Waals surface area contributed by atoms with Crippen molar-refractivity contribution in [2.24, 2.45) is 0 Å². The predicted octanol–water partition coefficient (Wildman–Crippen LogP) is 3.87. The quantitative estimate of drug-likeness (QED) is 0.558. The molecule has 0 fully saturated rings. The third-order valence-electron chi connectivity index (χ3n) is 4.94. The maximum Gasteiger partial charge on any atom is 0.259 e. The molecule has 2 aromatic carbocycles. The number of carbonyl (C=O) groups is 1. The average molecular weight is 481 g/mol. The van der Waals surface area contributed by atoms with E-state index in [-0.39, 0.29) is 23.5 Å². The number of halogens is 2. The molecule has 31 heavy (non-hydrogen) atoms. The number of amides is 1. The molecule has 1 aliphatic heterocycles. The maximum atomic E-state index is 13.1. The van der Waals surface area contributed by atoms with E-state index in [0.29, 0.717) is 33.7 Å². The fraction of sp³-hybridized carbons (Fsp3) is 0.200. The van der Waals surface area contributed by atoms with Crippen LogP contribution in [0.3, 0.4) is 0 Å². The van der Waals surface area contributed by atoms with Crippen molar-refractivity contribution >= 4 is 45.2 Å². The summed E-state index contributed by atoms with van der Waals surface area (Å²) in [5.74, 6) is 0.00846. The van der Waals surface area contributed by atoms with Gasteiger partial charge in [0.1, 0.15) is 5.75 Å². The molecular weight excluding hydrogens is 463 g/mol. The summed E-state index contributed by atoms with van der Waals surface area (Å²) < 4.78 is 34.4. The summed E-state index contributed by atoms with van der Waals surface area (Å²) >= 11 is 12.0. The van der Waals surface area contributed by atoms with Crippen LogP contribution in [0.1, 0.15) is 16.1 Å². The van der Waals surface area contributed by atoms with Crippen LogP contribution in [-0.2, 0) is 27.7 Å². The van der Waals surface area contributed by atoms with Crippen LogP contribution in [0.4, 0.5) is 5.69 Å². The van der Waals surface area contributed by atoms with Gasteiger partial charge in [0.05, 0.1) is 54.9 Å². The van der Waals surface area contributed by atoms with Crippen molar-refractivity contribution in [2.75, 3.05) is 19.0 Å². The van der Waals surface area contributed by atoms with Crippen LogP contribution in [0.2, 0.25) is 10.0 Å². The number of aromatic nitrogens is 2. The SMILES string of the molecule is COc1cccc([S+](=O)([O-])N2CCn3ncc(C(=O)Nc4ccc(Cl)cc4Cl)c3C2)c1. The van der Waals surface area contributed by atoms with Gasteiger partial charge < -0.3 is 14.6 Å². The number of fused-ring (bicyclic) bond motifs is 1. The second-order valence-electron chi connectivity index (χ2n) is 6.82. The fourth-order valence-corrected chi connectivity index (χ4v) is 5.19. The Balaban J connectivity index is 1.59. The molecule has 0 aliphatic carbocycles. The molecule has 162 valence electrons. The predicted molar refractivity (Wildman–Crippen MR) is 117 cm³/mol. The van der Waals surface area contributed by atoms with Crippen molar-refractivity contribution in [1.29, 1.82) is 0 Å². The van der Waals surface area contributed by atoms with Gasteiger partial charge in [-0.25, -0.2) is 0 Å². The zero-order valence-electron chi connectivity index (χ0n) is 16.4. The van der Waals surface area contributed by atoms with Gasteiger partial charge in [0.25, 0.3) is 5.91 Å². The van der Waals surface area contributed by atoms with Crippen LogP contribution in [0.5, 0.6) is 5.75 Å². The smallest absolute Gasteiger partial charge is 0.259 e. The van der Waals surface area contributed by atoms with E-state index in [9.17, 15) is 13.6 Å². The summed E-state index contributed by atoms with van der Waals surface area (Å²) in [5, 5.41) is 7.70. The van der Waals surface area contributed by atoms with Crippen molar-refractivity contribution < 1.29 is 18.3 Å². The number of hydrogen-bond donors (Lipinski definition) is 1. The molecule has 0 spiro atoms. The summed E-state index contributed by atoms with van der Waals surface area (Å²) in [6.07, 6.45) is 1.43. The number of sulfonamides is 1. The van der Waals surface area contributed by atoms with Gasteiger partial charge in [0, 0.05) is 11.1 Å². The first-order chi connectivity index (χ1) is 14.8. The molecule has 0 bridgehead atoms. The van der Waals surface area contributed by atoms with Gasteiger partial charge in [-0.1, -0.05) is 33.5 Å². The minimum Gasteiger partial charge on any atom is -0.593 e. The van der Waals surface area contributed by atoms with Gasteiger partial charge in [0.15, 0.2) is 15.3 Å². The topological polar surface area (TPSA) is 99.5 Å². The summed E-state index contributed by atoms with van der Waals surface area (Å²) in [5.41, 5.74) is 1.17. The highest BCUT2D eigenvalue weighted by molar-refractivity contribution is 7.95. The molecule has 8 nitrogen and oxygen atoms in total. The molecule has 0 saturated heterocycles. The lowest BCUT2D eigenvalue weighted by Gasteiger charge is -2.31. The standard InChI is InChI=1S/C20H18Cl2N4O4S/c1-30-14-3-2-4-15(10-14)31(28,29)25-7-8-26-19(12-25)16(11-23-26)20(27)24-18-6-5-13(21)9-17(18)22/h2-6,9-11H,7-8,12H2,1H3,(H-,24,27,28,29). The molecule has 2 heterocycles. The second kappa shape index (κ2) is 8.60. The number of carbonyl (C=O) groups excluding carboxylic acids is 1. The van der Waals surface area contributed by atoms with Crippen LogP contribution in [-0.4, -0.2) is 38.2 Å². The highest BCUT2D eigenvalue weighted by Gasteiger charge is 2.36. The highest BCUT2D eigenvalue weighted by Crippen LogP contribution is 2.30. The Hall–Kier alpha value is -2.43. The number of ether oxygens (including phenoxy) is 1. The Kier molecular flexibility index (Phi) is 6.05. The van der Waals surface area contributed by atoms with Gasteiger partial charge in [-0.05, 0) is 30.3 Å². The third kappa shape index (κ3) is 4.32. The van der Waals surface area contributed by atoms with Crippen molar-refractivity contribution in [2.45, 2.75) is 18.0 Å². The number of nitrogens with zero attached hydrogens (tertiary/aromatic N) is 3. The van der Waals surface area contributed by atoms with E-state index in [0.717, 1.165) is 0 Å². The van der Waals surface area contributed by atoms with E-state index >= 15 is 0 Å². The van der Waals surface area contributed by atoms with Crippen LogP contribution in [0.25, 0.3) is 0 Å². The number of benzene rings is 2. The van der Waals surface area contributed by atoms with Crippen LogP contribution in [0, 0.1) is 0 Å². The molecule has 11 heteroatoms. The van der Waals surface area contributed by atoms with Crippen molar-refractivity contribution in [1.82, 2.24) is 14.1 Å². The first-order valence-corrected chi connectivity index (χ1v) is 11.4. The van der Waals surface area contributed by atoms with E-state index in [1.54, 1.807) is 28.9 Å². The van der Waals surface area contributed by atoms with Crippen LogP contribution >= 0.6 is 23.2 Å². The van der Waals surface area contributed by atoms with Gasteiger partial charge >= 0.3 is 0 Å². The van der Waals surface area contributed by atoms with E-state index in [1.165, 1.54) is 35.8 Å². The number of rotatable bonds is 5. The summed E-state index contributed by atoms with van der Waals surface area (Å²) in [6.45, 7) is 0.572. The normalized spacial score (nSPS) is 15.7. The Labute approximate surface area is 190 Å². The molecule has 1 aromatic heterocycles. The van der Waals surface area contributed by atoms with Crippen molar-refractivity contribution in [3.63, 3.8) is 0 Å². The van der Waals surface area contributed by atoms with Crippen molar-refractivity contribution in [3.8, 4) is 5.75 Å². The molecule has 0 radical (unpaired) electrons. The summed E-state index contributed by atoms with van der Waals surface area (Å²) in [4.78, 5) is 13.0. The molecule has 3 aromatic rings. The van der Waals surface area contributed by atoms with Gasteiger partial charge in [0.2, 0.25) is 0 Å². The number of anilines is 1. The lowest BCUT2D eigenvalue weighted by atomic mass is 10.2. The molecule has 4 rings (SSSR count). The van der Waals surface area contributed by atoms with Crippen LogP contribution < -0.4 is 10.1 Å². The minimum atomic E-state index is -3.78. The minimum absolute atomic E-state index is 0.0106. The zero-order valence-corrected chi connectivity index (χ0v) is 18.7. The molecule has 1 atom stereocenters. The Morgan fingerprint density at radius 1 is 1.23 bits per heavy atom. The maximum absolute atomic E-state index is 13.1. The Bertz CT molecular complexity index is 1200. The van der Waals surface area contributed by atoms with Crippen molar-refractivity contribution in [3.05, 3.63) is 70.0 Å². The van der Waals surface area contributed by atoms with Gasteiger partial charge in [-0.2, -0.15) is 5.10 Å². The van der Waals surface area contributed by atoms with E-state index < -0.39 is 16.3 Å². The average Bonchev–Trinajstić information content (AvgIpc) is 3.19. The number of hydrogen-bond acceptors (Lipinski definition) is 5. The summed E-state index contributed by atoms with van der Waals surface area (Å²) in [6, 6.07) is 11.0. The monoisotopic (exact) mass is 480 g/mol. The Morgan fingerprint density at radius 2 is 2.03 bits per heavy atom. The number of nitrogens with one attached hydrogen (secondary N) is 1. The van der Waals surface area contributed by atoms with E-state index in [2.05, 4.69) is 10.4 Å². The molecule has 1 unspecified atom stereocenters. The third-order valence-corrected chi connectivity index (χ3v) is 7.33. The molecule has 1 N–H and O–H groups in total. The van der Waals surface area contributed by atoms with Gasteiger partial charge in [-0.3, -0.25) is 9.48 Å². The molecule has 1 aliphatic rings. The van der Waals surface area contributed by atoms with Gasteiger partial charge in [-0.15, -0.1) is 4.31 Å². The first kappa shape index (κ1) is 21.8. The molecule has 1 amide bonds. The number of methoxy groups -OCH3 is 1. The molecular formula is C20H18Cl2N4O4S. The van der Waals surface area contributed by atoms with Crippen LogP contribution in [0.15, 0.2) is 53.6 Å². The first-order valence-electron chi connectivity index (χ1n) is 9.25. The Morgan fingerprint density at radius 3 is 2.77 bits per heavy atom. The zero-order chi connectivity index (χ0) is 22.2. The lowest BCUT2D eigenvalue weighted by molar-refractivity contribution is 0.102. The molecule has 0 saturated carbocycles. The summed E-state index contributed by atoms with van der Waals surface area (Å²) in [7, 11) is -2.31. The van der Waals surface area contributed by atoms with E-state index in [4.69, 9.17) is 27.9 Å². The fourth-order valence-electron chi connectivity index (χ4n) is 3.31. The highest BCUT2D eigenvalue weighted by atomic mass is 35.5. The van der Waals surface area contributed by atoms with E-state index in [1.807, 2.05) is 0 Å². The lowest BCUT2D eigenvalue weighted by Crippen LogP contribution is -2.42.